The molecule has 0 saturated heterocycles. The summed E-state index contributed by atoms with van der Waals surface area (Å²) in [6, 6.07) is 4.63. The van der Waals surface area contributed by atoms with Gasteiger partial charge in [0.15, 0.2) is 6.04 Å². The number of hydrogen-bond donors (Lipinski definition) is 3. The number of nitrogens with one attached hydrogen (secondary N) is 2. The molecule has 1 aromatic heterocycles. The minimum atomic E-state index is -1.13. The predicted octanol–water partition coefficient (Wildman–Crippen LogP) is 1.61. The summed E-state index contributed by atoms with van der Waals surface area (Å²) in [6.45, 7) is 3.86. The summed E-state index contributed by atoms with van der Waals surface area (Å²) < 4.78 is 4.79. The summed E-state index contributed by atoms with van der Waals surface area (Å²) in [6.07, 6.45) is 0. The van der Waals surface area contributed by atoms with Crippen molar-refractivity contribution < 1.29 is 19.4 Å². The van der Waals surface area contributed by atoms with Gasteiger partial charge in [-0.05, 0) is 37.1 Å². The number of carbonyl (C=O) groups is 2. The van der Waals surface area contributed by atoms with Gasteiger partial charge in [0.05, 0.1) is 6.61 Å². The van der Waals surface area contributed by atoms with Crippen LogP contribution in [0.3, 0.4) is 0 Å². The molecule has 0 aliphatic heterocycles. The number of hydrogen-bond acceptors (Lipinski definition) is 3. The molecule has 21 heavy (non-hydrogen) atoms. The van der Waals surface area contributed by atoms with E-state index in [9.17, 15) is 9.59 Å². The molecule has 112 valence electrons. The Kier molecular flexibility index (Phi) is 4.28. The Hall–Kier alpha value is -2.34. The number of aromatic nitrogens is 1. The van der Waals surface area contributed by atoms with Crippen LogP contribution in [0.5, 0.6) is 0 Å². The van der Waals surface area contributed by atoms with Crippen LogP contribution in [0.1, 0.15) is 21.6 Å². The first-order valence-corrected chi connectivity index (χ1v) is 6.55. The number of amides is 1. The average molecular weight is 290 g/mol. The molecule has 1 atom stereocenters. The predicted molar refractivity (Wildman–Crippen MR) is 78.5 cm³/mol. The molecule has 2 aromatic rings. The molecule has 6 nitrogen and oxygen atoms in total. The van der Waals surface area contributed by atoms with Crippen LogP contribution in [-0.2, 0) is 9.53 Å². The lowest BCUT2D eigenvalue weighted by atomic mass is 10.1. The number of aliphatic carboxylic acids is 1. The summed E-state index contributed by atoms with van der Waals surface area (Å²) in [5.74, 6) is -1.60. The molecule has 3 N–H and O–H groups in total. The second-order valence-electron chi connectivity index (χ2n) is 5.05. The highest BCUT2D eigenvalue weighted by Gasteiger charge is 2.21. The number of rotatable bonds is 5. The van der Waals surface area contributed by atoms with E-state index in [1.807, 2.05) is 26.0 Å². The number of aryl methyl sites for hydroxylation is 2. The van der Waals surface area contributed by atoms with Crippen LogP contribution >= 0.6 is 0 Å². The van der Waals surface area contributed by atoms with Crippen LogP contribution in [-0.4, -0.2) is 41.7 Å². The molecule has 1 heterocycles. The molecule has 1 aromatic carbocycles. The zero-order valence-electron chi connectivity index (χ0n) is 12.2. The number of carbonyl (C=O) groups excluding carboxylic acids is 1. The highest BCUT2D eigenvalue weighted by atomic mass is 16.5. The zero-order chi connectivity index (χ0) is 15.6. The monoisotopic (exact) mass is 290 g/mol. The second-order valence-corrected chi connectivity index (χ2v) is 5.05. The summed E-state index contributed by atoms with van der Waals surface area (Å²) in [7, 11) is 1.39. The first kappa shape index (κ1) is 15.1. The van der Waals surface area contributed by atoms with Gasteiger partial charge in [0.25, 0.3) is 5.91 Å². The van der Waals surface area contributed by atoms with Gasteiger partial charge >= 0.3 is 5.97 Å². The van der Waals surface area contributed by atoms with Crippen LogP contribution in [0.25, 0.3) is 10.9 Å². The van der Waals surface area contributed by atoms with E-state index in [0.29, 0.717) is 5.69 Å². The fourth-order valence-corrected chi connectivity index (χ4v) is 2.30. The van der Waals surface area contributed by atoms with Crippen molar-refractivity contribution in [3.8, 4) is 0 Å². The van der Waals surface area contributed by atoms with E-state index in [2.05, 4.69) is 10.3 Å². The number of ether oxygens (including phenoxy) is 1. The molecule has 0 aliphatic carbocycles. The Labute approximate surface area is 122 Å². The molecular weight excluding hydrogens is 272 g/mol. The van der Waals surface area contributed by atoms with Crippen molar-refractivity contribution in [2.45, 2.75) is 19.9 Å². The summed E-state index contributed by atoms with van der Waals surface area (Å²) in [5.41, 5.74) is 3.35. The fourth-order valence-electron chi connectivity index (χ4n) is 2.30. The summed E-state index contributed by atoms with van der Waals surface area (Å²) >= 11 is 0. The smallest absolute Gasteiger partial charge is 0.328 e. The SMILES string of the molecule is COCC(NC(=O)c1cc2c(C)cc(C)cc2[nH]1)C(=O)O. The third-order valence-corrected chi connectivity index (χ3v) is 3.27. The van der Waals surface area contributed by atoms with Gasteiger partial charge in [-0.15, -0.1) is 0 Å². The molecule has 0 spiro atoms. The van der Waals surface area contributed by atoms with Crippen molar-refractivity contribution in [3.63, 3.8) is 0 Å². The first-order valence-electron chi connectivity index (χ1n) is 6.55. The number of aromatic amines is 1. The summed E-state index contributed by atoms with van der Waals surface area (Å²) in [4.78, 5) is 26.2. The Morgan fingerprint density at radius 1 is 1.33 bits per heavy atom. The van der Waals surface area contributed by atoms with E-state index in [1.54, 1.807) is 6.07 Å². The molecule has 6 heteroatoms. The molecular formula is C15H18N2O4. The van der Waals surface area contributed by atoms with Crippen molar-refractivity contribution >= 4 is 22.8 Å². The largest absolute Gasteiger partial charge is 0.480 e. The van der Waals surface area contributed by atoms with E-state index < -0.39 is 17.9 Å². The topological polar surface area (TPSA) is 91.4 Å². The Balaban J connectivity index is 2.27. The van der Waals surface area contributed by atoms with Crippen LogP contribution in [0.15, 0.2) is 18.2 Å². The molecule has 0 radical (unpaired) electrons. The van der Waals surface area contributed by atoms with Gasteiger partial charge in [-0.25, -0.2) is 4.79 Å². The highest BCUT2D eigenvalue weighted by molar-refractivity contribution is 6.00. The van der Waals surface area contributed by atoms with Gasteiger partial charge in [-0.2, -0.15) is 0 Å². The molecule has 1 unspecified atom stereocenters. The van der Waals surface area contributed by atoms with Crippen LogP contribution < -0.4 is 5.32 Å². The lowest BCUT2D eigenvalue weighted by Gasteiger charge is -2.12. The Morgan fingerprint density at radius 2 is 2.05 bits per heavy atom. The Bertz CT molecular complexity index is 690. The quantitative estimate of drug-likeness (QED) is 0.780. The van der Waals surface area contributed by atoms with Crippen molar-refractivity contribution in [2.24, 2.45) is 0 Å². The standard InChI is InChI=1S/C15H18N2O4/c1-8-4-9(2)10-6-12(16-11(10)5-8)14(18)17-13(7-21-3)15(19)20/h4-6,13,16H,7H2,1-3H3,(H,17,18)(H,19,20). The number of carboxylic acid groups (broad SMARTS) is 1. The molecule has 0 fully saturated rings. The maximum Gasteiger partial charge on any atom is 0.328 e. The third-order valence-electron chi connectivity index (χ3n) is 3.27. The van der Waals surface area contributed by atoms with Crippen molar-refractivity contribution in [3.05, 3.63) is 35.0 Å². The van der Waals surface area contributed by atoms with Gasteiger partial charge in [0.1, 0.15) is 5.69 Å². The maximum atomic E-state index is 12.1. The number of carboxylic acids is 1. The van der Waals surface area contributed by atoms with Crippen molar-refractivity contribution in [1.29, 1.82) is 0 Å². The summed E-state index contributed by atoms with van der Waals surface area (Å²) in [5, 5.41) is 12.4. The van der Waals surface area contributed by atoms with Gasteiger partial charge in [0.2, 0.25) is 0 Å². The van der Waals surface area contributed by atoms with Gasteiger partial charge in [-0.3, -0.25) is 4.79 Å². The lowest BCUT2D eigenvalue weighted by molar-refractivity contribution is -0.140. The number of fused-ring (bicyclic) bond motifs is 1. The molecule has 0 bridgehead atoms. The first-order chi connectivity index (χ1) is 9.92. The maximum absolute atomic E-state index is 12.1. The van der Waals surface area contributed by atoms with E-state index in [1.165, 1.54) is 7.11 Å². The second kappa shape index (κ2) is 5.97. The van der Waals surface area contributed by atoms with E-state index in [-0.39, 0.29) is 6.61 Å². The normalized spacial score (nSPS) is 12.3. The molecule has 0 saturated carbocycles. The van der Waals surface area contributed by atoms with E-state index in [0.717, 1.165) is 22.0 Å². The van der Waals surface area contributed by atoms with Crippen LogP contribution in [0, 0.1) is 13.8 Å². The minimum Gasteiger partial charge on any atom is -0.480 e. The van der Waals surface area contributed by atoms with Gasteiger partial charge in [-0.1, -0.05) is 6.07 Å². The van der Waals surface area contributed by atoms with E-state index >= 15 is 0 Å². The fraction of sp³-hybridized carbons (Fsp3) is 0.333. The average Bonchev–Trinajstić information content (AvgIpc) is 2.82. The van der Waals surface area contributed by atoms with E-state index in [4.69, 9.17) is 9.84 Å². The number of methoxy groups -OCH3 is 1. The third kappa shape index (κ3) is 3.22. The van der Waals surface area contributed by atoms with Crippen LogP contribution in [0.4, 0.5) is 0 Å². The lowest BCUT2D eigenvalue weighted by Crippen LogP contribution is -2.43. The minimum absolute atomic E-state index is 0.0839. The molecule has 1 amide bonds. The zero-order valence-corrected chi connectivity index (χ0v) is 12.2. The van der Waals surface area contributed by atoms with Gasteiger partial charge < -0.3 is 20.1 Å². The van der Waals surface area contributed by atoms with Crippen molar-refractivity contribution in [1.82, 2.24) is 10.3 Å². The Morgan fingerprint density at radius 3 is 2.67 bits per heavy atom. The van der Waals surface area contributed by atoms with Crippen molar-refractivity contribution in [2.75, 3.05) is 13.7 Å². The number of H-pyrrole nitrogens is 1. The van der Waals surface area contributed by atoms with Crippen LogP contribution in [0.2, 0.25) is 0 Å². The highest BCUT2D eigenvalue weighted by Crippen LogP contribution is 2.21. The molecule has 2 rings (SSSR count). The molecule has 0 aliphatic rings. The number of benzene rings is 1. The van der Waals surface area contributed by atoms with Gasteiger partial charge in [0, 0.05) is 18.0 Å².